The molecule has 1 aromatic carbocycles. The Morgan fingerprint density at radius 2 is 1.83 bits per heavy atom. The maximum atomic E-state index is 13.4. The standard InChI is InChI=1S/C11H16FO4PS/c1-3-15-17(13,16-4-2)18(14)9-10-7-5-6-8-11(10)12/h5-8H,3-4,9H2,1-2H3. The zero-order valence-corrected chi connectivity index (χ0v) is 12.0. The molecule has 0 radical (unpaired) electrons. The van der Waals surface area contributed by atoms with E-state index in [1.54, 1.807) is 19.9 Å². The molecule has 0 heterocycles. The summed E-state index contributed by atoms with van der Waals surface area (Å²) in [7, 11) is -1.91. The Morgan fingerprint density at radius 1 is 1.28 bits per heavy atom. The highest BCUT2D eigenvalue weighted by molar-refractivity contribution is 8.49. The fourth-order valence-corrected chi connectivity index (χ4v) is 5.13. The molecule has 1 aromatic rings. The molecule has 0 aromatic heterocycles. The zero-order valence-electron chi connectivity index (χ0n) is 10.3. The van der Waals surface area contributed by atoms with Crippen molar-refractivity contribution in [2.45, 2.75) is 19.6 Å². The molecule has 0 saturated heterocycles. The molecule has 0 aliphatic rings. The van der Waals surface area contributed by atoms with Gasteiger partial charge in [-0.05, 0) is 19.9 Å². The summed E-state index contributed by atoms with van der Waals surface area (Å²) in [5.74, 6) is -0.672. The van der Waals surface area contributed by atoms with E-state index in [-0.39, 0.29) is 24.5 Å². The summed E-state index contributed by atoms with van der Waals surface area (Å²) in [5.41, 5.74) is 0.232. The van der Waals surface area contributed by atoms with Crippen molar-refractivity contribution in [3.8, 4) is 0 Å². The van der Waals surface area contributed by atoms with Gasteiger partial charge in [0.05, 0.1) is 24.0 Å². The molecule has 0 spiro atoms. The summed E-state index contributed by atoms with van der Waals surface area (Å²) >= 11 is 0. The second kappa shape index (κ2) is 7.26. The normalized spacial score (nSPS) is 13.6. The van der Waals surface area contributed by atoms with Crippen molar-refractivity contribution in [2.24, 2.45) is 0 Å². The first-order valence-corrected chi connectivity index (χ1v) is 9.01. The molecule has 7 heteroatoms. The lowest BCUT2D eigenvalue weighted by molar-refractivity contribution is 0.234. The van der Waals surface area contributed by atoms with Crippen LogP contribution in [-0.2, 0) is 30.2 Å². The first kappa shape index (κ1) is 15.7. The molecule has 0 amide bonds. The van der Waals surface area contributed by atoms with Gasteiger partial charge in [0, 0.05) is 5.56 Å². The molecule has 0 bridgehead atoms. The van der Waals surface area contributed by atoms with Crippen LogP contribution in [0.15, 0.2) is 24.3 Å². The van der Waals surface area contributed by atoms with Gasteiger partial charge in [0.2, 0.25) is 0 Å². The molecule has 0 aliphatic heterocycles. The Hall–Kier alpha value is -0.390. The number of hydrogen-bond donors (Lipinski definition) is 0. The zero-order chi connectivity index (χ0) is 13.6. The minimum absolute atomic E-state index is 0.125. The van der Waals surface area contributed by atoms with E-state index < -0.39 is 23.4 Å². The predicted molar refractivity (Wildman–Crippen MR) is 69.1 cm³/mol. The summed E-state index contributed by atoms with van der Waals surface area (Å²) in [6.45, 7) is -0.178. The summed E-state index contributed by atoms with van der Waals surface area (Å²) in [4.78, 5) is 0. The number of benzene rings is 1. The number of rotatable bonds is 7. The third-order valence-corrected chi connectivity index (χ3v) is 6.78. The molecule has 4 nitrogen and oxygen atoms in total. The van der Waals surface area contributed by atoms with Crippen LogP contribution in [0.4, 0.5) is 4.39 Å². The van der Waals surface area contributed by atoms with Gasteiger partial charge >= 0.3 is 6.80 Å². The van der Waals surface area contributed by atoms with Crippen LogP contribution in [0.5, 0.6) is 0 Å². The highest BCUT2D eigenvalue weighted by Crippen LogP contribution is 2.55. The summed E-state index contributed by atoms with van der Waals surface area (Å²) in [6.07, 6.45) is 0. The molecular formula is C11H16FO4PS. The van der Waals surface area contributed by atoms with Crippen molar-refractivity contribution in [2.75, 3.05) is 13.2 Å². The second-order valence-electron chi connectivity index (χ2n) is 3.34. The third kappa shape index (κ3) is 4.07. The fraction of sp³-hybridized carbons (Fsp3) is 0.455. The van der Waals surface area contributed by atoms with Gasteiger partial charge < -0.3 is 4.55 Å². The van der Waals surface area contributed by atoms with Crippen LogP contribution in [0.1, 0.15) is 19.4 Å². The molecule has 1 atom stereocenters. The van der Waals surface area contributed by atoms with E-state index in [9.17, 15) is 13.5 Å². The lowest BCUT2D eigenvalue weighted by Gasteiger charge is -2.19. The van der Waals surface area contributed by atoms with Gasteiger partial charge in [0.15, 0.2) is 0 Å². The summed E-state index contributed by atoms with van der Waals surface area (Å²) in [5, 5.41) is 0. The van der Waals surface area contributed by atoms with Gasteiger partial charge in [-0.1, -0.05) is 18.2 Å². The highest BCUT2D eigenvalue weighted by atomic mass is 32.8. The Bertz CT molecular complexity index is 419. The lowest BCUT2D eigenvalue weighted by atomic mass is 10.2. The predicted octanol–water partition coefficient (Wildman–Crippen LogP) is 3.26. The van der Waals surface area contributed by atoms with Gasteiger partial charge in [-0.3, -0.25) is 9.05 Å². The maximum absolute atomic E-state index is 13.4. The quantitative estimate of drug-likeness (QED) is 0.572. The van der Waals surface area contributed by atoms with Crippen LogP contribution in [0.25, 0.3) is 0 Å². The van der Waals surface area contributed by atoms with E-state index in [0.29, 0.717) is 0 Å². The largest absolute Gasteiger partial charge is 0.609 e. The van der Waals surface area contributed by atoms with Crippen LogP contribution in [-0.4, -0.2) is 17.8 Å². The van der Waals surface area contributed by atoms with Crippen LogP contribution in [0.3, 0.4) is 0 Å². The van der Waals surface area contributed by atoms with Gasteiger partial charge in [0.1, 0.15) is 11.6 Å². The van der Waals surface area contributed by atoms with Crippen LogP contribution in [0.2, 0.25) is 0 Å². The van der Waals surface area contributed by atoms with Crippen molar-refractivity contribution in [3.05, 3.63) is 35.6 Å². The number of halogens is 1. The Labute approximate surface area is 109 Å². The first-order valence-electron chi connectivity index (χ1n) is 5.55. The van der Waals surface area contributed by atoms with E-state index in [1.165, 1.54) is 18.2 Å². The van der Waals surface area contributed by atoms with Gasteiger partial charge in [-0.25, -0.2) is 8.96 Å². The van der Waals surface area contributed by atoms with Gasteiger partial charge in [-0.15, -0.1) is 0 Å². The molecule has 0 N–H and O–H groups in total. The monoisotopic (exact) mass is 294 g/mol. The molecule has 1 unspecified atom stereocenters. The Balaban J connectivity index is 2.82. The second-order valence-corrected chi connectivity index (χ2v) is 8.25. The molecular weight excluding hydrogens is 278 g/mol. The van der Waals surface area contributed by atoms with E-state index in [2.05, 4.69) is 0 Å². The SMILES string of the molecule is CCOP(=O)(OCC)[S+]([O-])Cc1ccccc1F. The van der Waals surface area contributed by atoms with Crippen LogP contribution >= 0.6 is 6.80 Å². The van der Waals surface area contributed by atoms with Crippen molar-refractivity contribution in [1.82, 2.24) is 0 Å². The fourth-order valence-electron chi connectivity index (χ4n) is 1.30. The third-order valence-electron chi connectivity index (χ3n) is 2.06. The van der Waals surface area contributed by atoms with Crippen molar-refractivity contribution >= 4 is 17.6 Å². The smallest absolute Gasteiger partial charge is 0.539 e. The van der Waals surface area contributed by atoms with Crippen LogP contribution < -0.4 is 0 Å². The molecule has 0 saturated carbocycles. The molecule has 0 aliphatic carbocycles. The molecule has 18 heavy (non-hydrogen) atoms. The van der Waals surface area contributed by atoms with Crippen molar-refractivity contribution < 1.29 is 22.6 Å². The van der Waals surface area contributed by atoms with E-state index in [1.807, 2.05) is 0 Å². The van der Waals surface area contributed by atoms with Crippen LogP contribution in [0, 0.1) is 5.82 Å². The summed E-state index contributed by atoms with van der Waals surface area (Å²) < 4.78 is 47.5. The van der Waals surface area contributed by atoms with Gasteiger partial charge in [0.25, 0.3) is 0 Å². The van der Waals surface area contributed by atoms with Crippen molar-refractivity contribution in [3.63, 3.8) is 0 Å². The summed E-state index contributed by atoms with van der Waals surface area (Å²) in [6, 6.07) is 5.92. The average Bonchev–Trinajstić information content (AvgIpc) is 2.32. The topological polar surface area (TPSA) is 58.6 Å². The minimum atomic E-state index is -3.69. The average molecular weight is 294 g/mol. The first-order chi connectivity index (χ1) is 8.53. The molecule has 102 valence electrons. The number of hydrogen-bond acceptors (Lipinski definition) is 4. The molecule has 1 rings (SSSR count). The van der Waals surface area contributed by atoms with Crippen molar-refractivity contribution in [1.29, 1.82) is 0 Å². The van der Waals surface area contributed by atoms with Gasteiger partial charge in [-0.2, -0.15) is 0 Å². The maximum Gasteiger partial charge on any atom is 0.539 e. The van der Waals surface area contributed by atoms with E-state index in [4.69, 9.17) is 9.05 Å². The highest BCUT2D eigenvalue weighted by Gasteiger charge is 2.40. The minimum Gasteiger partial charge on any atom is -0.609 e. The lowest BCUT2D eigenvalue weighted by Crippen LogP contribution is -2.11. The van der Waals surface area contributed by atoms with E-state index in [0.717, 1.165) is 0 Å². The Morgan fingerprint density at radius 3 is 2.33 bits per heavy atom. The Kier molecular flexibility index (Phi) is 6.32. The molecule has 0 fully saturated rings. The van der Waals surface area contributed by atoms with E-state index >= 15 is 0 Å².